The second-order valence-electron chi connectivity index (χ2n) is 11.3. The van der Waals surface area contributed by atoms with Crippen molar-refractivity contribution < 1.29 is 28.9 Å². The van der Waals surface area contributed by atoms with Gasteiger partial charge in [-0.15, -0.1) is 0 Å². The van der Waals surface area contributed by atoms with Crippen molar-refractivity contribution in [2.45, 2.75) is 64.5 Å². The predicted octanol–water partition coefficient (Wildman–Crippen LogP) is 6.71. The number of aliphatic hydroxyl groups excluding tert-OH is 1. The number of carbonyl (C=O) groups is 2. The molecule has 0 aliphatic heterocycles. The van der Waals surface area contributed by atoms with Crippen molar-refractivity contribution in [3.05, 3.63) is 89.5 Å². The third-order valence-corrected chi connectivity index (χ3v) is 6.97. The summed E-state index contributed by atoms with van der Waals surface area (Å²) >= 11 is 0. The highest BCUT2D eigenvalue weighted by Crippen LogP contribution is 2.44. The Labute approximate surface area is 243 Å². The molecule has 0 radical (unpaired) electrons. The number of unbranched alkanes of at least 4 members (excludes halogenated alkanes) is 2. The third kappa shape index (κ3) is 8.57. The van der Waals surface area contributed by atoms with E-state index >= 15 is 0 Å². The van der Waals surface area contributed by atoms with Crippen LogP contribution in [0.4, 0.5) is 4.79 Å². The van der Waals surface area contributed by atoms with E-state index in [0.717, 1.165) is 41.7 Å². The summed E-state index contributed by atoms with van der Waals surface area (Å²) in [6, 6.07) is 24.0. The molecule has 3 aromatic rings. The van der Waals surface area contributed by atoms with Crippen molar-refractivity contribution in [1.82, 2.24) is 4.90 Å². The first-order valence-electron chi connectivity index (χ1n) is 14.4. The first-order chi connectivity index (χ1) is 19.7. The summed E-state index contributed by atoms with van der Waals surface area (Å²) in [5, 5.41) is 8.91. The maximum absolute atomic E-state index is 13.4. The summed E-state index contributed by atoms with van der Waals surface area (Å²) in [5.74, 6) is 0.339. The molecule has 0 spiro atoms. The number of nitrogens with zero attached hydrogens (tertiary/aromatic N) is 1. The fourth-order valence-electron chi connectivity index (χ4n) is 5.03. The predicted molar refractivity (Wildman–Crippen MR) is 159 cm³/mol. The third-order valence-electron chi connectivity index (χ3n) is 6.97. The zero-order valence-electron chi connectivity index (χ0n) is 24.3. The van der Waals surface area contributed by atoms with Crippen molar-refractivity contribution >= 4 is 12.1 Å². The second kappa shape index (κ2) is 14.2. The lowest BCUT2D eigenvalue weighted by Gasteiger charge is -2.25. The van der Waals surface area contributed by atoms with Crippen molar-refractivity contribution in [2.75, 3.05) is 26.4 Å². The van der Waals surface area contributed by atoms with Crippen molar-refractivity contribution in [3.63, 3.8) is 0 Å². The zero-order chi connectivity index (χ0) is 29.2. The number of aliphatic hydroxyl groups is 1. The fourth-order valence-corrected chi connectivity index (χ4v) is 5.03. The molecule has 4 rings (SSSR count). The molecule has 0 bridgehead atoms. The topological polar surface area (TPSA) is 85.3 Å². The van der Waals surface area contributed by atoms with E-state index < -0.39 is 11.7 Å². The molecule has 7 nitrogen and oxygen atoms in total. The van der Waals surface area contributed by atoms with Crippen LogP contribution in [-0.2, 0) is 20.8 Å². The monoisotopic (exact) mass is 559 g/mol. The lowest BCUT2D eigenvalue weighted by Crippen LogP contribution is -2.35. The van der Waals surface area contributed by atoms with Crippen molar-refractivity contribution in [2.24, 2.45) is 0 Å². The van der Waals surface area contributed by atoms with E-state index in [1.807, 2.05) is 69.3 Å². The van der Waals surface area contributed by atoms with Gasteiger partial charge in [-0.05, 0) is 80.0 Å². The van der Waals surface area contributed by atoms with E-state index in [1.165, 1.54) is 11.1 Å². The van der Waals surface area contributed by atoms with Gasteiger partial charge in [-0.3, -0.25) is 4.79 Å². The van der Waals surface area contributed by atoms with Crippen LogP contribution < -0.4 is 4.74 Å². The van der Waals surface area contributed by atoms with E-state index in [9.17, 15) is 9.59 Å². The molecule has 3 aromatic carbocycles. The van der Waals surface area contributed by atoms with E-state index in [-0.39, 0.29) is 44.6 Å². The average Bonchev–Trinajstić information content (AvgIpc) is 3.27. The fraction of sp³-hybridized carbons (Fsp3) is 0.412. The summed E-state index contributed by atoms with van der Waals surface area (Å²) < 4.78 is 17.2. The van der Waals surface area contributed by atoms with E-state index in [0.29, 0.717) is 6.61 Å². The van der Waals surface area contributed by atoms with Crippen LogP contribution in [0, 0.1) is 0 Å². The molecular formula is C34H41NO6. The minimum absolute atomic E-state index is 0.0483. The van der Waals surface area contributed by atoms with Crippen LogP contribution in [0.25, 0.3) is 11.1 Å². The van der Waals surface area contributed by atoms with E-state index in [1.54, 1.807) is 4.90 Å². The van der Waals surface area contributed by atoms with Gasteiger partial charge >= 0.3 is 12.1 Å². The summed E-state index contributed by atoms with van der Waals surface area (Å²) in [5.41, 5.74) is 4.93. The first-order valence-corrected chi connectivity index (χ1v) is 14.4. The lowest BCUT2D eigenvalue weighted by atomic mass is 9.98. The molecule has 0 saturated carbocycles. The summed E-state index contributed by atoms with van der Waals surface area (Å²) in [4.78, 5) is 27.4. The van der Waals surface area contributed by atoms with Gasteiger partial charge in [0.05, 0.1) is 13.0 Å². The molecule has 41 heavy (non-hydrogen) atoms. The highest BCUT2D eigenvalue weighted by atomic mass is 16.6. The molecule has 0 aromatic heterocycles. The normalized spacial score (nSPS) is 12.4. The largest absolute Gasteiger partial charge is 0.494 e. The molecule has 1 aliphatic rings. The molecule has 0 heterocycles. The average molecular weight is 560 g/mol. The molecule has 0 atom stereocenters. The first kappa shape index (κ1) is 30.1. The molecule has 7 heteroatoms. The number of fused-ring (bicyclic) bond motifs is 3. The van der Waals surface area contributed by atoms with Crippen molar-refractivity contribution in [3.8, 4) is 16.9 Å². The van der Waals surface area contributed by atoms with E-state index in [4.69, 9.17) is 19.3 Å². The Hall–Kier alpha value is -3.84. The standard InChI is InChI=1S/C34H41NO6/c1-34(2,3)41-32(37)19-20-35(23-25-15-17-26(18-16-25)39-22-10-4-9-21-36)33(38)40-24-31-29-13-7-5-11-27(29)28-12-6-8-14-30(28)31/h5-8,11-18,31,36H,4,9-10,19-24H2,1-3H3. The maximum Gasteiger partial charge on any atom is 0.410 e. The Morgan fingerprint density at radius 1 is 0.854 bits per heavy atom. The van der Waals surface area contributed by atoms with Gasteiger partial charge < -0.3 is 24.2 Å². The van der Waals surface area contributed by atoms with Gasteiger partial charge in [-0.1, -0.05) is 60.7 Å². The molecule has 1 aliphatic carbocycles. The highest BCUT2D eigenvalue weighted by Gasteiger charge is 2.30. The number of esters is 1. The van der Waals surface area contributed by atoms with Crippen LogP contribution in [0.1, 0.15) is 69.1 Å². The molecular weight excluding hydrogens is 518 g/mol. The smallest absolute Gasteiger partial charge is 0.410 e. The van der Waals surface area contributed by atoms with Crippen LogP contribution in [-0.4, -0.2) is 54.0 Å². The minimum Gasteiger partial charge on any atom is -0.494 e. The Morgan fingerprint density at radius 3 is 2.10 bits per heavy atom. The van der Waals surface area contributed by atoms with E-state index in [2.05, 4.69) is 24.3 Å². The van der Waals surface area contributed by atoms with Crippen LogP contribution in [0.2, 0.25) is 0 Å². The Balaban J connectivity index is 1.41. The SMILES string of the molecule is CC(C)(C)OC(=O)CCN(Cc1ccc(OCCCCCO)cc1)C(=O)OCC1c2ccccc2-c2ccccc21. The van der Waals surface area contributed by atoms with Crippen LogP contribution in [0.3, 0.4) is 0 Å². The number of ether oxygens (including phenoxy) is 3. The lowest BCUT2D eigenvalue weighted by molar-refractivity contribution is -0.155. The number of hydrogen-bond donors (Lipinski definition) is 1. The van der Waals surface area contributed by atoms with Crippen LogP contribution in [0.5, 0.6) is 5.75 Å². The maximum atomic E-state index is 13.4. The molecule has 0 saturated heterocycles. The quantitative estimate of drug-likeness (QED) is 0.185. The van der Waals surface area contributed by atoms with Crippen LogP contribution in [0.15, 0.2) is 72.8 Å². The van der Waals surface area contributed by atoms with Gasteiger partial charge in [0, 0.05) is 25.6 Å². The van der Waals surface area contributed by atoms with Gasteiger partial charge in [0.1, 0.15) is 18.0 Å². The number of rotatable bonds is 13. The van der Waals surface area contributed by atoms with Gasteiger partial charge in [0.15, 0.2) is 0 Å². The summed E-state index contributed by atoms with van der Waals surface area (Å²) in [6.07, 6.45) is 2.16. The zero-order valence-corrected chi connectivity index (χ0v) is 24.3. The highest BCUT2D eigenvalue weighted by molar-refractivity contribution is 5.79. The summed E-state index contributed by atoms with van der Waals surface area (Å²) in [6.45, 7) is 6.92. The number of amides is 1. The van der Waals surface area contributed by atoms with Gasteiger partial charge in [0.25, 0.3) is 0 Å². The molecule has 1 amide bonds. The summed E-state index contributed by atoms with van der Waals surface area (Å²) in [7, 11) is 0. The van der Waals surface area contributed by atoms with Gasteiger partial charge in [-0.25, -0.2) is 4.79 Å². The molecule has 218 valence electrons. The van der Waals surface area contributed by atoms with Gasteiger partial charge in [-0.2, -0.15) is 0 Å². The molecule has 0 fully saturated rings. The Morgan fingerprint density at radius 2 is 1.49 bits per heavy atom. The van der Waals surface area contributed by atoms with Gasteiger partial charge in [0.2, 0.25) is 0 Å². The Kier molecular flexibility index (Phi) is 10.4. The molecule has 1 N–H and O–H groups in total. The van der Waals surface area contributed by atoms with Crippen molar-refractivity contribution in [1.29, 1.82) is 0 Å². The number of benzene rings is 3. The van der Waals surface area contributed by atoms with Crippen LogP contribution >= 0.6 is 0 Å². The molecule has 0 unspecified atom stereocenters. The second-order valence-corrected chi connectivity index (χ2v) is 11.3. The minimum atomic E-state index is -0.598. The number of hydrogen-bond acceptors (Lipinski definition) is 6. The Bertz CT molecular complexity index is 1250. The number of carbonyl (C=O) groups excluding carboxylic acids is 2.